The van der Waals surface area contributed by atoms with E-state index in [1.54, 1.807) is 17.2 Å². The highest BCUT2D eigenvalue weighted by Crippen LogP contribution is 2.16. The second kappa shape index (κ2) is 3.57. The third-order valence-electron chi connectivity index (χ3n) is 1.19. The molecule has 0 fully saturated rings. The second-order valence-electron chi connectivity index (χ2n) is 2.15. The fourth-order valence-corrected chi connectivity index (χ4v) is 1.40. The van der Waals surface area contributed by atoms with Crippen LogP contribution in [0.25, 0.3) is 0 Å². The van der Waals surface area contributed by atoms with Crippen LogP contribution in [0.2, 0.25) is 0 Å². The number of nitrogens with zero attached hydrogens (tertiary/aromatic N) is 1. The number of rotatable bonds is 1. The Kier molecular flexibility index (Phi) is 2.70. The summed E-state index contributed by atoms with van der Waals surface area (Å²) in [6.07, 6.45) is 0. The van der Waals surface area contributed by atoms with Gasteiger partial charge in [-0.3, -0.25) is 0 Å². The minimum Gasteiger partial charge on any atom is -0.464 e. The molecule has 0 saturated carbocycles. The van der Waals surface area contributed by atoms with Crippen LogP contribution in [0, 0.1) is 0 Å². The fraction of sp³-hybridized carbons (Fsp3) is 0.429. The predicted molar refractivity (Wildman–Crippen MR) is 45.7 cm³/mol. The van der Waals surface area contributed by atoms with Crippen LogP contribution in [0.4, 0.5) is 0 Å². The van der Waals surface area contributed by atoms with Crippen molar-refractivity contribution in [3.8, 4) is 0 Å². The molecule has 0 unspecified atom stereocenters. The number of hydrogen-bond donors (Lipinski definition) is 0. The van der Waals surface area contributed by atoms with Crippen LogP contribution in [-0.4, -0.2) is 24.5 Å². The van der Waals surface area contributed by atoms with Gasteiger partial charge in [0.2, 0.25) is 0 Å². The number of carbonyl (C=O) groups excluding carboxylic acids is 1. The molecule has 60 valence electrons. The van der Waals surface area contributed by atoms with E-state index in [0.29, 0.717) is 5.70 Å². The highest BCUT2D eigenvalue weighted by molar-refractivity contribution is 8.02. The number of methoxy groups -OCH3 is 1. The molecule has 0 aromatic carbocycles. The minimum atomic E-state index is -0.364. The third kappa shape index (κ3) is 2.08. The highest BCUT2D eigenvalue weighted by atomic mass is 32.2. The Morgan fingerprint density at radius 2 is 2.55 bits per heavy atom. The average Bonchev–Trinajstić information content (AvgIpc) is 2.03. The van der Waals surface area contributed by atoms with Crippen LogP contribution in [0.5, 0.6) is 0 Å². The van der Waals surface area contributed by atoms with Crippen LogP contribution >= 0.6 is 11.8 Å². The van der Waals surface area contributed by atoms with Gasteiger partial charge in [0.1, 0.15) is 0 Å². The number of hydrogen-bond acceptors (Lipinski definition) is 4. The van der Waals surface area contributed by atoms with E-state index in [-0.39, 0.29) is 5.97 Å². The molecule has 4 heteroatoms. The van der Waals surface area contributed by atoms with Gasteiger partial charge < -0.3 is 4.74 Å². The lowest BCUT2D eigenvalue weighted by molar-refractivity contribution is -0.136. The molecule has 0 aromatic heterocycles. The van der Waals surface area contributed by atoms with Gasteiger partial charge in [-0.05, 0) is 6.92 Å². The van der Waals surface area contributed by atoms with Crippen molar-refractivity contribution >= 4 is 23.4 Å². The van der Waals surface area contributed by atoms with Gasteiger partial charge in [0, 0.05) is 16.9 Å². The molecule has 0 N–H and O–H groups in total. The first-order valence-corrected chi connectivity index (χ1v) is 4.23. The fourth-order valence-electron chi connectivity index (χ4n) is 0.704. The zero-order valence-electron chi connectivity index (χ0n) is 6.46. The molecule has 0 bridgehead atoms. The van der Waals surface area contributed by atoms with Crippen LogP contribution in [-0.2, 0) is 9.53 Å². The molecular formula is C7H9NO2S. The van der Waals surface area contributed by atoms with Crippen molar-refractivity contribution in [2.75, 3.05) is 12.9 Å². The quantitative estimate of drug-likeness (QED) is 0.556. The molecule has 1 rings (SSSR count). The Morgan fingerprint density at radius 1 is 1.82 bits per heavy atom. The molecule has 0 radical (unpaired) electrons. The van der Waals surface area contributed by atoms with Crippen molar-refractivity contribution in [1.82, 2.24) is 0 Å². The van der Waals surface area contributed by atoms with Crippen molar-refractivity contribution in [1.29, 1.82) is 0 Å². The van der Waals surface area contributed by atoms with Crippen molar-refractivity contribution < 1.29 is 9.53 Å². The van der Waals surface area contributed by atoms with Gasteiger partial charge in [-0.1, -0.05) is 0 Å². The summed E-state index contributed by atoms with van der Waals surface area (Å²) in [6.45, 7) is 1.89. The molecule has 1 heterocycles. The zero-order valence-corrected chi connectivity index (χ0v) is 7.27. The molecule has 0 saturated heterocycles. The summed E-state index contributed by atoms with van der Waals surface area (Å²) in [6, 6.07) is 0. The minimum absolute atomic E-state index is 0.364. The molecule has 1 aliphatic rings. The number of ether oxygens (including phenoxy) is 1. The summed E-state index contributed by atoms with van der Waals surface area (Å²) < 4.78 is 4.51. The summed E-state index contributed by atoms with van der Waals surface area (Å²) in [5.74, 6) is 0.497. The standard InChI is InChI=1S/C7H9NO2S/c1-5-3-11-4-6(8-5)7(9)10-2/h4H,3H2,1-2H3. The van der Waals surface area contributed by atoms with Crippen molar-refractivity contribution in [3.63, 3.8) is 0 Å². The van der Waals surface area contributed by atoms with Crippen LogP contribution in [0.1, 0.15) is 6.92 Å². The summed E-state index contributed by atoms with van der Waals surface area (Å²) in [7, 11) is 1.35. The van der Waals surface area contributed by atoms with Crippen LogP contribution < -0.4 is 0 Å². The lowest BCUT2D eigenvalue weighted by Gasteiger charge is -2.06. The summed E-state index contributed by atoms with van der Waals surface area (Å²) in [5, 5.41) is 1.72. The molecule has 11 heavy (non-hydrogen) atoms. The average molecular weight is 171 g/mol. The van der Waals surface area contributed by atoms with E-state index in [9.17, 15) is 4.79 Å². The number of thioether (sulfide) groups is 1. The van der Waals surface area contributed by atoms with E-state index in [0.717, 1.165) is 11.5 Å². The second-order valence-corrected chi connectivity index (χ2v) is 3.01. The van der Waals surface area contributed by atoms with Crippen LogP contribution in [0.3, 0.4) is 0 Å². The maximum absolute atomic E-state index is 10.9. The highest BCUT2D eigenvalue weighted by Gasteiger charge is 2.11. The zero-order chi connectivity index (χ0) is 8.27. The van der Waals surface area contributed by atoms with Crippen molar-refractivity contribution in [3.05, 3.63) is 11.1 Å². The van der Waals surface area contributed by atoms with Gasteiger partial charge in [0.25, 0.3) is 0 Å². The molecule has 1 aliphatic heterocycles. The molecule has 3 nitrogen and oxygen atoms in total. The largest absolute Gasteiger partial charge is 0.464 e. The number of carbonyl (C=O) groups is 1. The summed E-state index contributed by atoms with van der Waals surface area (Å²) in [5.41, 5.74) is 1.36. The Labute approximate surface area is 69.5 Å². The first-order valence-electron chi connectivity index (χ1n) is 3.18. The first-order chi connectivity index (χ1) is 5.24. The summed E-state index contributed by atoms with van der Waals surface area (Å²) >= 11 is 1.56. The van der Waals surface area contributed by atoms with Gasteiger partial charge >= 0.3 is 5.97 Å². The Hall–Kier alpha value is -0.770. The predicted octanol–water partition coefficient (Wildman–Crippen LogP) is 1.21. The number of aliphatic imine (C=N–C) groups is 1. The Balaban J connectivity index is 2.73. The Morgan fingerprint density at radius 3 is 3.09 bits per heavy atom. The van der Waals surface area contributed by atoms with Gasteiger partial charge in [0.15, 0.2) is 5.70 Å². The van der Waals surface area contributed by atoms with E-state index in [2.05, 4.69) is 9.73 Å². The Bertz CT molecular complexity index is 233. The maximum atomic E-state index is 10.9. The molecule has 0 atom stereocenters. The van der Waals surface area contributed by atoms with Gasteiger partial charge in [-0.25, -0.2) is 9.79 Å². The van der Waals surface area contributed by atoms with E-state index < -0.39 is 0 Å². The lowest BCUT2D eigenvalue weighted by atomic mass is 10.4. The van der Waals surface area contributed by atoms with Gasteiger partial charge in [-0.2, -0.15) is 0 Å². The molecule has 0 amide bonds. The first kappa shape index (κ1) is 8.33. The van der Waals surface area contributed by atoms with Gasteiger partial charge in [-0.15, -0.1) is 11.8 Å². The lowest BCUT2D eigenvalue weighted by Crippen LogP contribution is -2.08. The molecular weight excluding hydrogens is 162 g/mol. The SMILES string of the molecule is COC(=O)C1=CSCC(C)=N1. The van der Waals surface area contributed by atoms with E-state index in [4.69, 9.17) is 0 Å². The van der Waals surface area contributed by atoms with Crippen LogP contribution in [0.15, 0.2) is 16.1 Å². The summed E-state index contributed by atoms with van der Waals surface area (Å²) in [4.78, 5) is 14.9. The van der Waals surface area contributed by atoms with Crippen molar-refractivity contribution in [2.45, 2.75) is 6.92 Å². The normalized spacial score (nSPS) is 16.9. The van der Waals surface area contributed by atoms with Gasteiger partial charge in [0.05, 0.1) is 7.11 Å². The van der Waals surface area contributed by atoms with E-state index in [1.165, 1.54) is 7.11 Å². The molecule has 0 aromatic rings. The monoisotopic (exact) mass is 171 g/mol. The number of esters is 1. The van der Waals surface area contributed by atoms with E-state index in [1.807, 2.05) is 6.92 Å². The third-order valence-corrected chi connectivity index (χ3v) is 2.17. The topological polar surface area (TPSA) is 38.7 Å². The van der Waals surface area contributed by atoms with Crippen molar-refractivity contribution in [2.24, 2.45) is 4.99 Å². The smallest absolute Gasteiger partial charge is 0.357 e. The maximum Gasteiger partial charge on any atom is 0.357 e. The molecule has 0 aliphatic carbocycles. The van der Waals surface area contributed by atoms with E-state index >= 15 is 0 Å². The molecule has 0 spiro atoms.